The summed E-state index contributed by atoms with van der Waals surface area (Å²) in [4.78, 5) is 0. The Morgan fingerprint density at radius 3 is 2.82 bits per heavy atom. The van der Waals surface area contributed by atoms with E-state index in [0.717, 1.165) is 25.3 Å². The van der Waals surface area contributed by atoms with Gasteiger partial charge in [-0.05, 0) is 26.3 Å². The van der Waals surface area contributed by atoms with Crippen LogP contribution in [0.2, 0.25) is 0 Å². The molecule has 2 heterocycles. The molecule has 0 radical (unpaired) electrons. The van der Waals surface area contributed by atoms with Crippen LogP contribution in [-0.2, 0) is 4.74 Å². The normalized spacial score (nSPS) is 26.3. The smallest absolute Gasteiger partial charge is 0.233 e. The number of nitrogens with one attached hydrogen (secondary N) is 1. The summed E-state index contributed by atoms with van der Waals surface area (Å²) in [5.74, 6) is 1.69. The fraction of sp³-hybridized carbons (Fsp3) is 0.833. The number of hydrogen-bond donors (Lipinski definition) is 1. The second-order valence-corrected chi connectivity index (χ2v) is 4.57. The average Bonchev–Trinajstić information content (AvgIpc) is 2.94. The minimum absolute atomic E-state index is 0.168. The van der Waals surface area contributed by atoms with E-state index in [1.54, 1.807) is 0 Å². The van der Waals surface area contributed by atoms with Crippen molar-refractivity contribution in [2.45, 2.75) is 51.7 Å². The Kier molecular flexibility index (Phi) is 4.12. The van der Waals surface area contributed by atoms with Crippen LogP contribution in [0.1, 0.15) is 57.4 Å². The molecule has 1 saturated heterocycles. The van der Waals surface area contributed by atoms with Crippen LogP contribution in [0.4, 0.5) is 0 Å². The first-order valence-electron chi connectivity index (χ1n) is 6.42. The Bertz CT molecular complexity index is 335. The van der Waals surface area contributed by atoms with Gasteiger partial charge < -0.3 is 14.5 Å². The van der Waals surface area contributed by atoms with Crippen LogP contribution < -0.4 is 5.32 Å². The van der Waals surface area contributed by atoms with Crippen molar-refractivity contribution in [1.29, 1.82) is 0 Å². The molecule has 1 N–H and O–H groups in total. The van der Waals surface area contributed by atoms with Crippen LogP contribution >= 0.6 is 0 Å². The molecule has 0 amide bonds. The molecule has 5 heteroatoms. The molecule has 1 aromatic heterocycles. The summed E-state index contributed by atoms with van der Waals surface area (Å²) in [6.45, 7) is 7.86. The van der Waals surface area contributed by atoms with Gasteiger partial charge in [0, 0.05) is 0 Å². The first-order chi connectivity index (χ1) is 8.24. The summed E-state index contributed by atoms with van der Waals surface area (Å²) >= 11 is 0. The van der Waals surface area contributed by atoms with Gasteiger partial charge in [-0.3, -0.25) is 0 Å². The van der Waals surface area contributed by atoms with E-state index in [9.17, 15) is 0 Å². The van der Waals surface area contributed by atoms with Crippen molar-refractivity contribution in [3.8, 4) is 0 Å². The highest BCUT2D eigenvalue weighted by Crippen LogP contribution is 2.29. The number of ether oxygens (including phenoxy) is 1. The molecule has 0 saturated carbocycles. The van der Waals surface area contributed by atoms with Crippen LogP contribution in [0, 0.1) is 0 Å². The molecule has 17 heavy (non-hydrogen) atoms. The Hall–Kier alpha value is -0.940. The van der Waals surface area contributed by atoms with Gasteiger partial charge in [0.15, 0.2) is 0 Å². The van der Waals surface area contributed by atoms with E-state index in [-0.39, 0.29) is 12.0 Å². The van der Waals surface area contributed by atoms with Crippen molar-refractivity contribution in [1.82, 2.24) is 15.5 Å². The molecule has 1 aliphatic rings. The van der Waals surface area contributed by atoms with Crippen molar-refractivity contribution in [3.63, 3.8) is 0 Å². The fourth-order valence-corrected chi connectivity index (χ4v) is 2.19. The number of hydrogen-bond acceptors (Lipinski definition) is 5. The van der Waals surface area contributed by atoms with Crippen LogP contribution in [-0.4, -0.2) is 29.5 Å². The summed E-state index contributed by atoms with van der Waals surface area (Å²) in [5.41, 5.74) is 0. The topological polar surface area (TPSA) is 60.2 Å². The predicted octanol–water partition coefficient (Wildman–Crippen LogP) is 2.02. The van der Waals surface area contributed by atoms with E-state index < -0.39 is 0 Å². The van der Waals surface area contributed by atoms with Gasteiger partial charge >= 0.3 is 0 Å². The molecule has 1 fully saturated rings. The van der Waals surface area contributed by atoms with Gasteiger partial charge in [-0.15, -0.1) is 10.2 Å². The lowest BCUT2D eigenvalue weighted by Gasteiger charge is -2.10. The number of aromatic nitrogens is 2. The van der Waals surface area contributed by atoms with E-state index in [1.807, 2.05) is 0 Å². The summed E-state index contributed by atoms with van der Waals surface area (Å²) in [5, 5.41) is 11.6. The average molecular weight is 239 g/mol. The molecule has 5 nitrogen and oxygen atoms in total. The molecule has 3 unspecified atom stereocenters. The molecule has 96 valence electrons. The molecular weight excluding hydrogens is 218 g/mol. The Balaban J connectivity index is 2.04. The SMILES string of the molecule is CCNC(CC)c1nnc(C2COC(C)C2)o1. The Morgan fingerprint density at radius 1 is 1.41 bits per heavy atom. The lowest BCUT2D eigenvalue weighted by Crippen LogP contribution is -2.20. The lowest BCUT2D eigenvalue weighted by atomic mass is 10.1. The van der Waals surface area contributed by atoms with E-state index >= 15 is 0 Å². The van der Waals surface area contributed by atoms with Gasteiger partial charge in [0.25, 0.3) is 0 Å². The summed E-state index contributed by atoms with van der Waals surface area (Å²) in [6.07, 6.45) is 2.22. The molecule has 0 aromatic carbocycles. The quantitative estimate of drug-likeness (QED) is 0.851. The Morgan fingerprint density at radius 2 is 2.24 bits per heavy atom. The summed E-state index contributed by atoms with van der Waals surface area (Å²) in [6, 6.07) is 0.168. The second kappa shape index (κ2) is 5.60. The minimum Gasteiger partial charge on any atom is -0.423 e. The third-order valence-corrected chi connectivity index (χ3v) is 3.16. The third kappa shape index (κ3) is 2.84. The molecule has 0 spiro atoms. The van der Waals surface area contributed by atoms with Gasteiger partial charge in [-0.2, -0.15) is 0 Å². The van der Waals surface area contributed by atoms with Crippen molar-refractivity contribution >= 4 is 0 Å². The summed E-state index contributed by atoms with van der Waals surface area (Å²) < 4.78 is 11.3. The maximum Gasteiger partial charge on any atom is 0.233 e. The van der Waals surface area contributed by atoms with Crippen molar-refractivity contribution in [2.24, 2.45) is 0 Å². The van der Waals surface area contributed by atoms with Crippen LogP contribution in [0.25, 0.3) is 0 Å². The molecular formula is C12H21N3O2. The zero-order valence-corrected chi connectivity index (χ0v) is 10.8. The monoisotopic (exact) mass is 239 g/mol. The molecule has 3 atom stereocenters. The maximum atomic E-state index is 5.76. The minimum atomic E-state index is 0.168. The zero-order valence-electron chi connectivity index (χ0n) is 10.8. The van der Waals surface area contributed by atoms with Crippen LogP contribution in [0.3, 0.4) is 0 Å². The molecule has 1 aromatic rings. The highest BCUT2D eigenvalue weighted by molar-refractivity contribution is 4.97. The standard InChI is InChI=1S/C12H21N3O2/c1-4-10(13-5-2)12-15-14-11(17-12)9-6-8(3)16-7-9/h8-10,13H,4-7H2,1-3H3. The number of rotatable bonds is 5. The fourth-order valence-electron chi connectivity index (χ4n) is 2.19. The van der Waals surface area contributed by atoms with E-state index in [4.69, 9.17) is 9.15 Å². The molecule has 1 aliphatic heterocycles. The highest BCUT2D eigenvalue weighted by Gasteiger charge is 2.29. The molecule has 0 bridgehead atoms. The predicted molar refractivity (Wildman–Crippen MR) is 63.8 cm³/mol. The van der Waals surface area contributed by atoms with Crippen molar-refractivity contribution in [3.05, 3.63) is 11.8 Å². The van der Waals surface area contributed by atoms with E-state index in [2.05, 4.69) is 36.3 Å². The lowest BCUT2D eigenvalue weighted by molar-refractivity contribution is 0.122. The van der Waals surface area contributed by atoms with Gasteiger partial charge in [0.2, 0.25) is 11.8 Å². The van der Waals surface area contributed by atoms with Crippen molar-refractivity contribution in [2.75, 3.05) is 13.2 Å². The first kappa shape index (κ1) is 12.5. The molecule has 2 rings (SSSR count). The van der Waals surface area contributed by atoms with E-state index in [1.165, 1.54) is 0 Å². The van der Waals surface area contributed by atoms with Crippen LogP contribution in [0.5, 0.6) is 0 Å². The van der Waals surface area contributed by atoms with Gasteiger partial charge in [-0.25, -0.2) is 0 Å². The van der Waals surface area contributed by atoms with Crippen molar-refractivity contribution < 1.29 is 9.15 Å². The summed E-state index contributed by atoms with van der Waals surface area (Å²) in [7, 11) is 0. The zero-order chi connectivity index (χ0) is 12.3. The van der Waals surface area contributed by atoms with Gasteiger partial charge in [-0.1, -0.05) is 13.8 Å². The number of nitrogens with zero attached hydrogens (tertiary/aromatic N) is 2. The third-order valence-electron chi connectivity index (χ3n) is 3.16. The second-order valence-electron chi connectivity index (χ2n) is 4.57. The van der Waals surface area contributed by atoms with E-state index in [0.29, 0.717) is 18.6 Å². The Labute approximate surface area is 102 Å². The maximum absolute atomic E-state index is 5.76. The van der Waals surface area contributed by atoms with Crippen LogP contribution in [0.15, 0.2) is 4.42 Å². The molecule has 0 aliphatic carbocycles. The largest absolute Gasteiger partial charge is 0.423 e. The van der Waals surface area contributed by atoms with Gasteiger partial charge in [0.05, 0.1) is 24.7 Å². The van der Waals surface area contributed by atoms with Gasteiger partial charge in [0.1, 0.15) is 0 Å². The first-order valence-corrected chi connectivity index (χ1v) is 6.42. The highest BCUT2D eigenvalue weighted by atomic mass is 16.5.